The summed E-state index contributed by atoms with van der Waals surface area (Å²) in [6.07, 6.45) is 5.99. The summed E-state index contributed by atoms with van der Waals surface area (Å²) in [5.41, 5.74) is 11.5. The molecule has 2 amide bonds. The third-order valence-corrected chi connectivity index (χ3v) is 7.68. The Bertz CT molecular complexity index is 1610. The van der Waals surface area contributed by atoms with E-state index in [0.29, 0.717) is 47.9 Å². The molecule has 0 radical (unpaired) electrons. The number of fused-ring (bicyclic) bond motifs is 4. The number of aromatic nitrogens is 4. The fourth-order valence-electron chi connectivity index (χ4n) is 5.52. The molecular weight excluding hydrogens is 488 g/mol. The Morgan fingerprint density at radius 3 is 2.78 bits per heavy atom. The molecule has 5 heterocycles. The normalized spacial score (nSPS) is 18.9. The molecule has 7 rings (SSSR count). The van der Waals surface area contributed by atoms with Crippen molar-refractivity contribution in [1.82, 2.24) is 24.2 Å². The number of pyridine rings is 1. The number of nitrogens with two attached hydrogens (primary N) is 1. The maximum atomic E-state index is 13.7. The van der Waals surface area contributed by atoms with Gasteiger partial charge in [-0.15, -0.1) is 0 Å². The second-order valence-electron chi connectivity index (χ2n) is 10.4. The van der Waals surface area contributed by atoms with Gasteiger partial charge in [0.05, 0.1) is 47.3 Å². The lowest BCUT2D eigenvalue weighted by molar-refractivity contribution is 0.227. The quantitative estimate of drug-likeness (QED) is 0.423. The van der Waals surface area contributed by atoms with Crippen LogP contribution in [0.15, 0.2) is 47.7 Å². The number of amidine groups is 1. The minimum Gasteiger partial charge on any atom is -0.397 e. The van der Waals surface area contributed by atoms with Crippen molar-refractivity contribution in [1.29, 1.82) is 0 Å². The SMILES string of the molecule is CC1CN2C(=O)N(CC3CC3)c3nn(Cc4ccnc5ccc(Cl)cc45)c(-c4cc(N)cn4C)c3C2=N1. The molecule has 3 aromatic heterocycles. The van der Waals surface area contributed by atoms with Crippen LogP contribution in [0.1, 0.15) is 30.9 Å². The molecule has 1 atom stereocenters. The number of aliphatic imine (C=N–C) groups is 1. The predicted octanol–water partition coefficient (Wildman–Crippen LogP) is 4.52. The zero-order valence-electron chi connectivity index (χ0n) is 20.7. The number of urea groups is 1. The number of nitrogen functional groups attached to an aromatic ring is 1. The minimum atomic E-state index is -0.0359. The molecule has 0 saturated heterocycles. The van der Waals surface area contributed by atoms with Gasteiger partial charge in [0, 0.05) is 36.4 Å². The number of hydrogen-bond donors (Lipinski definition) is 1. The van der Waals surface area contributed by atoms with E-state index in [2.05, 4.69) is 4.98 Å². The predicted molar refractivity (Wildman–Crippen MR) is 145 cm³/mol. The maximum Gasteiger partial charge on any atom is 0.331 e. The van der Waals surface area contributed by atoms with Crippen LogP contribution in [-0.2, 0) is 13.6 Å². The van der Waals surface area contributed by atoms with Gasteiger partial charge in [0.15, 0.2) is 5.82 Å². The second-order valence-corrected chi connectivity index (χ2v) is 10.8. The summed E-state index contributed by atoms with van der Waals surface area (Å²) in [7, 11) is 1.98. The Morgan fingerprint density at radius 1 is 1.19 bits per heavy atom. The number of benzene rings is 1. The van der Waals surface area contributed by atoms with Crippen molar-refractivity contribution in [2.45, 2.75) is 32.4 Å². The molecule has 1 aliphatic carbocycles. The fraction of sp³-hybridized carbons (Fsp3) is 0.333. The average Bonchev–Trinajstić information content (AvgIpc) is 3.35. The Morgan fingerprint density at radius 2 is 2.03 bits per heavy atom. The summed E-state index contributed by atoms with van der Waals surface area (Å²) < 4.78 is 3.99. The lowest BCUT2D eigenvalue weighted by atomic mass is 10.1. The van der Waals surface area contributed by atoms with Gasteiger partial charge in [-0.25, -0.2) is 4.79 Å². The highest BCUT2D eigenvalue weighted by Crippen LogP contribution is 2.42. The number of nitrogens with zero attached hydrogens (tertiary/aromatic N) is 7. The molecule has 0 spiro atoms. The number of hydrogen-bond acceptors (Lipinski definition) is 5. The lowest BCUT2D eigenvalue weighted by Gasteiger charge is -2.32. The van der Waals surface area contributed by atoms with Crippen LogP contribution in [0.3, 0.4) is 0 Å². The lowest BCUT2D eigenvalue weighted by Crippen LogP contribution is -2.50. The Labute approximate surface area is 219 Å². The Kier molecular flexibility index (Phi) is 4.88. The highest BCUT2D eigenvalue weighted by molar-refractivity contribution is 6.31. The number of rotatable bonds is 5. The number of carbonyl (C=O) groups is 1. The van der Waals surface area contributed by atoms with Gasteiger partial charge in [0.2, 0.25) is 0 Å². The van der Waals surface area contributed by atoms with Crippen LogP contribution in [0.2, 0.25) is 5.02 Å². The van der Waals surface area contributed by atoms with Crippen molar-refractivity contribution in [2.75, 3.05) is 23.7 Å². The van der Waals surface area contributed by atoms with Crippen LogP contribution in [0.4, 0.5) is 16.3 Å². The summed E-state index contributed by atoms with van der Waals surface area (Å²) in [5.74, 6) is 1.89. The first-order valence-corrected chi connectivity index (χ1v) is 13.0. The molecule has 10 heteroatoms. The van der Waals surface area contributed by atoms with E-state index in [1.807, 2.05) is 75.7 Å². The van der Waals surface area contributed by atoms with Gasteiger partial charge in [-0.05, 0) is 61.6 Å². The smallest absolute Gasteiger partial charge is 0.331 e. The zero-order valence-corrected chi connectivity index (χ0v) is 21.5. The number of amides is 2. The third kappa shape index (κ3) is 3.60. The molecule has 2 aliphatic heterocycles. The van der Waals surface area contributed by atoms with Crippen LogP contribution >= 0.6 is 11.6 Å². The van der Waals surface area contributed by atoms with Gasteiger partial charge < -0.3 is 10.3 Å². The average molecular weight is 515 g/mol. The van der Waals surface area contributed by atoms with Gasteiger partial charge in [-0.1, -0.05) is 11.6 Å². The first-order valence-electron chi connectivity index (χ1n) is 12.6. The summed E-state index contributed by atoms with van der Waals surface area (Å²) in [6, 6.07) is 9.66. The summed E-state index contributed by atoms with van der Waals surface area (Å²) in [4.78, 5) is 26.8. The van der Waals surface area contributed by atoms with E-state index >= 15 is 0 Å². The highest BCUT2D eigenvalue weighted by atomic mass is 35.5. The fourth-order valence-corrected chi connectivity index (χ4v) is 5.69. The monoisotopic (exact) mass is 514 g/mol. The van der Waals surface area contributed by atoms with E-state index in [1.165, 1.54) is 0 Å². The van der Waals surface area contributed by atoms with Crippen molar-refractivity contribution in [2.24, 2.45) is 18.0 Å². The standard InChI is InChI=1S/C27H27ClN8O/c1-15-11-34-25(31-15)23-24(22-10-19(29)14-33(22)2)36(32-26(23)35(27(34)37)12-16-3-4-16)13-17-7-8-30-21-6-5-18(28)9-20(17)21/h5-10,14-16H,3-4,11-13,29H2,1-2H3. The van der Waals surface area contributed by atoms with E-state index in [9.17, 15) is 4.79 Å². The van der Waals surface area contributed by atoms with Gasteiger partial charge in [0.1, 0.15) is 5.84 Å². The summed E-state index contributed by atoms with van der Waals surface area (Å²) in [6.45, 7) is 3.76. The van der Waals surface area contributed by atoms with E-state index in [0.717, 1.165) is 46.3 Å². The molecule has 2 N–H and O–H groups in total. The second kappa shape index (κ2) is 8.08. The summed E-state index contributed by atoms with van der Waals surface area (Å²) in [5, 5.41) is 6.73. The molecule has 0 bridgehead atoms. The highest BCUT2D eigenvalue weighted by Gasteiger charge is 2.45. The third-order valence-electron chi connectivity index (χ3n) is 7.44. The number of halogens is 1. The van der Waals surface area contributed by atoms with Crippen molar-refractivity contribution < 1.29 is 4.79 Å². The van der Waals surface area contributed by atoms with Crippen LogP contribution in [0, 0.1) is 5.92 Å². The van der Waals surface area contributed by atoms with Crippen molar-refractivity contribution in [3.63, 3.8) is 0 Å². The number of aryl methyl sites for hydroxylation is 1. The first-order chi connectivity index (χ1) is 17.9. The largest absolute Gasteiger partial charge is 0.397 e. The van der Waals surface area contributed by atoms with Crippen LogP contribution < -0.4 is 10.6 Å². The Balaban J connectivity index is 1.47. The summed E-state index contributed by atoms with van der Waals surface area (Å²) >= 11 is 6.36. The molecule has 1 unspecified atom stereocenters. The molecule has 1 saturated carbocycles. The van der Waals surface area contributed by atoms with Gasteiger partial charge in [-0.2, -0.15) is 5.10 Å². The minimum absolute atomic E-state index is 0.0219. The van der Waals surface area contributed by atoms with Crippen molar-refractivity contribution in [3.8, 4) is 11.4 Å². The first kappa shape index (κ1) is 22.4. The topological polar surface area (TPSA) is 97.6 Å². The molecule has 1 aromatic carbocycles. The van der Waals surface area contributed by atoms with E-state index in [-0.39, 0.29) is 12.1 Å². The zero-order chi connectivity index (χ0) is 25.4. The van der Waals surface area contributed by atoms with E-state index in [1.54, 1.807) is 0 Å². The molecule has 37 heavy (non-hydrogen) atoms. The maximum absolute atomic E-state index is 13.7. The van der Waals surface area contributed by atoms with Gasteiger partial charge >= 0.3 is 6.03 Å². The van der Waals surface area contributed by atoms with Gasteiger partial charge in [-0.3, -0.25) is 24.5 Å². The molecule has 4 aromatic rings. The van der Waals surface area contributed by atoms with E-state index < -0.39 is 0 Å². The van der Waals surface area contributed by atoms with Crippen LogP contribution in [-0.4, -0.2) is 55.2 Å². The Hall–Kier alpha value is -3.85. The molecule has 188 valence electrons. The number of carbonyl (C=O) groups excluding carboxylic acids is 1. The molecule has 3 aliphatic rings. The van der Waals surface area contributed by atoms with Crippen molar-refractivity contribution >= 4 is 45.9 Å². The van der Waals surface area contributed by atoms with Crippen molar-refractivity contribution in [3.05, 3.63) is 58.9 Å². The number of anilines is 2. The van der Waals surface area contributed by atoms with Crippen LogP contribution in [0.5, 0.6) is 0 Å². The molecule has 1 fully saturated rings. The van der Waals surface area contributed by atoms with Crippen LogP contribution in [0.25, 0.3) is 22.3 Å². The van der Waals surface area contributed by atoms with Gasteiger partial charge in [0.25, 0.3) is 0 Å². The molecular formula is C27H27ClN8O. The molecule has 9 nitrogen and oxygen atoms in total. The van der Waals surface area contributed by atoms with E-state index in [4.69, 9.17) is 27.4 Å².